The zero-order valence-electron chi connectivity index (χ0n) is 10.9. The van der Waals surface area contributed by atoms with Crippen LogP contribution in [-0.2, 0) is 6.54 Å². The Labute approximate surface area is 104 Å². The lowest BCUT2D eigenvalue weighted by molar-refractivity contribution is 0.191. The summed E-state index contributed by atoms with van der Waals surface area (Å²) >= 11 is 0. The van der Waals surface area contributed by atoms with Crippen LogP contribution in [0.15, 0.2) is 30.3 Å². The van der Waals surface area contributed by atoms with Crippen LogP contribution in [-0.4, -0.2) is 35.7 Å². The number of hydrogen-bond acceptors (Lipinski definition) is 3. The van der Waals surface area contributed by atoms with Crippen molar-refractivity contribution in [2.75, 3.05) is 20.2 Å². The maximum atomic E-state index is 9.06. The molecule has 3 heteroatoms. The van der Waals surface area contributed by atoms with Crippen molar-refractivity contribution in [3.63, 3.8) is 0 Å². The number of hydrogen-bond donors (Lipinski definition) is 2. The number of aliphatic hydroxyl groups is 1. The first-order valence-corrected chi connectivity index (χ1v) is 6.16. The third-order valence-corrected chi connectivity index (χ3v) is 2.94. The van der Waals surface area contributed by atoms with Gasteiger partial charge in [-0.25, -0.2) is 0 Å². The van der Waals surface area contributed by atoms with Crippen molar-refractivity contribution < 1.29 is 5.11 Å². The highest BCUT2D eigenvalue weighted by Gasteiger charge is 2.16. The van der Waals surface area contributed by atoms with Crippen molar-refractivity contribution in [2.24, 2.45) is 5.73 Å². The zero-order valence-corrected chi connectivity index (χ0v) is 10.9. The van der Waals surface area contributed by atoms with E-state index in [9.17, 15) is 0 Å². The Morgan fingerprint density at radius 2 is 1.94 bits per heavy atom. The predicted molar refractivity (Wildman–Crippen MR) is 71.7 cm³/mol. The molecule has 1 unspecified atom stereocenters. The summed E-state index contributed by atoms with van der Waals surface area (Å²) in [5, 5.41) is 9.06. The van der Waals surface area contributed by atoms with Gasteiger partial charge in [0.15, 0.2) is 0 Å². The van der Waals surface area contributed by atoms with Gasteiger partial charge in [-0.2, -0.15) is 0 Å². The topological polar surface area (TPSA) is 49.5 Å². The minimum Gasteiger partial charge on any atom is -0.394 e. The molecule has 0 saturated heterocycles. The van der Waals surface area contributed by atoms with Crippen LogP contribution in [0.5, 0.6) is 0 Å². The maximum Gasteiger partial charge on any atom is 0.0608 e. The molecule has 0 bridgehead atoms. The number of benzene rings is 1. The average Bonchev–Trinajstić information content (AvgIpc) is 2.30. The molecule has 0 spiro atoms. The minimum absolute atomic E-state index is 0.0510. The second-order valence-electron chi connectivity index (χ2n) is 5.14. The van der Waals surface area contributed by atoms with Gasteiger partial charge in [-0.15, -0.1) is 0 Å². The number of rotatable bonds is 7. The van der Waals surface area contributed by atoms with E-state index in [0.29, 0.717) is 0 Å². The van der Waals surface area contributed by atoms with Crippen LogP contribution in [0.25, 0.3) is 0 Å². The molecule has 96 valence electrons. The van der Waals surface area contributed by atoms with Crippen LogP contribution < -0.4 is 5.73 Å². The van der Waals surface area contributed by atoms with E-state index in [1.807, 2.05) is 13.0 Å². The van der Waals surface area contributed by atoms with Gasteiger partial charge in [0, 0.05) is 12.1 Å². The van der Waals surface area contributed by atoms with E-state index in [2.05, 4.69) is 36.2 Å². The summed E-state index contributed by atoms with van der Waals surface area (Å²) in [5.41, 5.74) is 6.78. The SMILES string of the molecule is CN(CCCC(C)(N)CO)Cc1ccccc1. The van der Waals surface area contributed by atoms with Gasteiger partial charge in [0.25, 0.3) is 0 Å². The lowest BCUT2D eigenvalue weighted by Gasteiger charge is -2.23. The molecular formula is C14H24N2O. The summed E-state index contributed by atoms with van der Waals surface area (Å²) < 4.78 is 0. The summed E-state index contributed by atoms with van der Waals surface area (Å²) in [4.78, 5) is 2.28. The molecule has 0 aromatic heterocycles. The van der Waals surface area contributed by atoms with Crippen molar-refractivity contribution in [3.05, 3.63) is 35.9 Å². The summed E-state index contributed by atoms with van der Waals surface area (Å²) in [6.45, 7) is 3.91. The first-order chi connectivity index (χ1) is 8.03. The Morgan fingerprint density at radius 3 is 2.53 bits per heavy atom. The molecular weight excluding hydrogens is 212 g/mol. The van der Waals surface area contributed by atoms with Crippen LogP contribution in [0, 0.1) is 0 Å². The summed E-state index contributed by atoms with van der Waals surface area (Å²) in [6, 6.07) is 10.4. The smallest absolute Gasteiger partial charge is 0.0608 e. The van der Waals surface area contributed by atoms with Crippen LogP contribution in [0.1, 0.15) is 25.3 Å². The lowest BCUT2D eigenvalue weighted by atomic mass is 9.98. The Kier molecular flexibility index (Phi) is 5.62. The highest BCUT2D eigenvalue weighted by molar-refractivity contribution is 5.14. The molecule has 3 nitrogen and oxygen atoms in total. The van der Waals surface area contributed by atoms with E-state index >= 15 is 0 Å². The van der Waals surface area contributed by atoms with Crippen molar-refractivity contribution in [2.45, 2.75) is 31.8 Å². The van der Waals surface area contributed by atoms with E-state index in [-0.39, 0.29) is 6.61 Å². The predicted octanol–water partition coefficient (Wildman–Crippen LogP) is 1.61. The van der Waals surface area contributed by atoms with E-state index in [1.165, 1.54) is 5.56 Å². The molecule has 1 aromatic rings. The minimum atomic E-state index is -0.437. The second kappa shape index (κ2) is 6.74. The third-order valence-electron chi connectivity index (χ3n) is 2.94. The van der Waals surface area contributed by atoms with Crippen LogP contribution in [0.2, 0.25) is 0 Å². The summed E-state index contributed by atoms with van der Waals surface area (Å²) in [7, 11) is 2.11. The first-order valence-electron chi connectivity index (χ1n) is 6.16. The third kappa shape index (κ3) is 5.82. The highest BCUT2D eigenvalue weighted by Crippen LogP contribution is 2.09. The zero-order chi connectivity index (χ0) is 12.7. The average molecular weight is 236 g/mol. The van der Waals surface area contributed by atoms with Gasteiger partial charge in [-0.05, 0) is 38.9 Å². The monoisotopic (exact) mass is 236 g/mol. The molecule has 1 rings (SSSR count). The standard InChI is InChI=1S/C14H24N2O/c1-14(15,12-17)9-6-10-16(2)11-13-7-4-3-5-8-13/h3-5,7-8,17H,6,9-12,15H2,1-2H3. The van der Waals surface area contributed by atoms with Crippen LogP contribution >= 0.6 is 0 Å². The van der Waals surface area contributed by atoms with Crippen LogP contribution in [0.3, 0.4) is 0 Å². The normalized spacial score (nSPS) is 14.9. The first kappa shape index (κ1) is 14.2. The van der Waals surface area contributed by atoms with E-state index < -0.39 is 5.54 Å². The molecule has 0 radical (unpaired) electrons. The number of aliphatic hydroxyl groups excluding tert-OH is 1. The molecule has 0 saturated carbocycles. The van der Waals surface area contributed by atoms with Gasteiger partial charge in [0.05, 0.1) is 6.61 Å². The van der Waals surface area contributed by atoms with Gasteiger partial charge in [-0.1, -0.05) is 30.3 Å². The van der Waals surface area contributed by atoms with Gasteiger partial charge in [-0.3, -0.25) is 0 Å². The molecule has 17 heavy (non-hydrogen) atoms. The molecule has 1 aromatic carbocycles. The molecule has 0 heterocycles. The van der Waals surface area contributed by atoms with Gasteiger partial charge in [0.1, 0.15) is 0 Å². The van der Waals surface area contributed by atoms with Gasteiger partial charge in [0.2, 0.25) is 0 Å². The fraction of sp³-hybridized carbons (Fsp3) is 0.571. The molecule has 1 atom stereocenters. The van der Waals surface area contributed by atoms with Crippen molar-refractivity contribution in [3.8, 4) is 0 Å². The summed E-state index contributed by atoms with van der Waals surface area (Å²) in [6.07, 6.45) is 1.86. The number of nitrogens with zero attached hydrogens (tertiary/aromatic N) is 1. The molecule has 0 aliphatic rings. The quantitative estimate of drug-likeness (QED) is 0.756. The van der Waals surface area contributed by atoms with Gasteiger partial charge < -0.3 is 15.7 Å². The van der Waals surface area contributed by atoms with Gasteiger partial charge >= 0.3 is 0 Å². The van der Waals surface area contributed by atoms with Crippen molar-refractivity contribution in [1.82, 2.24) is 4.90 Å². The van der Waals surface area contributed by atoms with E-state index in [1.54, 1.807) is 0 Å². The summed E-state index contributed by atoms with van der Waals surface area (Å²) in [5.74, 6) is 0. The Morgan fingerprint density at radius 1 is 1.29 bits per heavy atom. The second-order valence-corrected chi connectivity index (χ2v) is 5.14. The fourth-order valence-electron chi connectivity index (χ4n) is 1.81. The molecule has 0 aliphatic carbocycles. The Hall–Kier alpha value is -0.900. The number of nitrogens with two attached hydrogens (primary N) is 1. The molecule has 0 fully saturated rings. The highest BCUT2D eigenvalue weighted by atomic mass is 16.3. The van der Waals surface area contributed by atoms with Crippen molar-refractivity contribution >= 4 is 0 Å². The van der Waals surface area contributed by atoms with E-state index in [4.69, 9.17) is 10.8 Å². The van der Waals surface area contributed by atoms with Crippen LogP contribution in [0.4, 0.5) is 0 Å². The Bertz CT molecular complexity index is 311. The maximum absolute atomic E-state index is 9.06. The van der Waals surface area contributed by atoms with E-state index in [0.717, 1.165) is 25.9 Å². The Balaban J connectivity index is 2.24. The van der Waals surface area contributed by atoms with Crippen molar-refractivity contribution in [1.29, 1.82) is 0 Å². The fourth-order valence-corrected chi connectivity index (χ4v) is 1.81. The molecule has 0 amide bonds. The lowest BCUT2D eigenvalue weighted by Crippen LogP contribution is -2.40. The molecule has 3 N–H and O–H groups in total. The molecule has 0 aliphatic heterocycles. The largest absolute Gasteiger partial charge is 0.394 e.